The quantitative estimate of drug-likeness (QED) is 0.303. The van der Waals surface area contributed by atoms with Gasteiger partial charge in [-0.3, -0.25) is 0 Å². The summed E-state index contributed by atoms with van der Waals surface area (Å²) in [4.78, 5) is 22.6. The minimum Gasteiger partial charge on any atom is -0.489 e. The molecule has 1 aliphatic rings. The van der Waals surface area contributed by atoms with E-state index in [4.69, 9.17) is 30.5 Å². The molecule has 7 heteroatoms. The molecule has 2 aromatic rings. The Hall–Kier alpha value is -2.99. The van der Waals surface area contributed by atoms with Crippen molar-refractivity contribution in [3.63, 3.8) is 0 Å². The van der Waals surface area contributed by atoms with Crippen molar-refractivity contribution >= 4 is 34.3 Å². The fourth-order valence-corrected chi connectivity index (χ4v) is 3.83. The third kappa shape index (κ3) is 5.58. The molecule has 0 heterocycles. The number of esters is 2. The lowest BCUT2D eigenvalue weighted by Gasteiger charge is -2.25. The average molecular weight is 445 g/mol. The summed E-state index contributed by atoms with van der Waals surface area (Å²) in [5, 5.41) is 2.29. The van der Waals surface area contributed by atoms with Gasteiger partial charge >= 0.3 is 11.9 Å². The summed E-state index contributed by atoms with van der Waals surface area (Å²) in [6.07, 6.45) is 6.04. The van der Waals surface area contributed by atoms with Crippen LogP contribution in [0.15, 0.2) is 43.5 Å². The van der Waals surface area contributed by atoms with Crippen molar-refractivity contribution < 1.29 is 28.5 Å². The van der Waals surface area contributed by atoms with Crippen LogP contribution in [-0.2, 0) is 31.9 Å². The molecule has 1 aliphatic carbocycles. The predicted molar refractivity (Wildman–Crippen MR) is 119 cm³/mol. The molecule has 0 spiro atoms. The number of carbonyl (C=O) groups is 2. The summed E-state index contributed by atoms with van der Waals surface area (Å²) in [5.41, 5.74) is 2.17. The predicted octanol–water partition coefficient (Wildman–Crippen LogP) is 4.59. The first-order valence-electron chi connectivity index (χ1n) is 10.2. The van der Waals surface area contributed by atoms with Gasteiger partial charge in [0, 0.05) is 39.1 Å². The third-order valence-corrected chi connectivity index (χ3v) is 5.20. The lowest BCUT2D eigenvalue weighted by Crippen LogP contribution is -2.15. The Bertz CT molecular complexity index is 997. The van der Waals surface area contributed by atoms with E-state index in [1.54, 1.807) is 6.07 Å². The maximum absolute atomic E-state index is 11.3. The Morgan fingerprint density at radius 3 is 1.87 bits per heavy atom. The van der Waals surface area contributed by atoms with Gasteiger partial charge in [0.25, 0.3) is 0 Å². The smallest absolute Gasteiger partial charge is 0.330 e. The standard InChI is InChI=1S/C24H25ClO6/c1-3-21(26)28-11-13-30-23-17-7-5-6-8-18(17)24(31-14-12-29-22(27)4-2)20-15-16(25)9-10-19(20)23/h3-4,9-10,15H,1-2,5-8,11-14H2. The Morgan fingerprint density at radius 1 is 0.839 bits per heavy atom. The molecule has 2 aromatic carbocycles. The highest BCUT2D eigenvalue weighted by molar-refractivity contribution is 6.31. The van der Waals surface area contributed by atoms with Crippen LogP contribution in [0, 0.1) is 0 Å². The first kappa shape index (κ1) is 22.7. The van der Waals surface area contributed by atoms with Gasteiger partial charge in [-0.05, 0) is 43.9 Å². The van der Waals surface area contributed by atoms with E-state index >= 15 is 0 Å². The molecule has 0 N–H and O–H groups in total. The minimum atomic E-state index is -0.487. The van der Waals surface area contributed by atoms with E-state index in [2.05, 4.69) is 13.2 Å². The number of hydrogen-bond donors (Lipinski definition) is 0. The number of rotatable bonds is 10. The summed E-state index contributed by atoms with van der Waals surface area (Å²) in [6, 6.07) is 5.56. The number of ether oxygens (including phenoxy) is 4. The van der Waals surface area contributed by atoms with Crippen molar-refractivity contribution in [1.29, 1.82) is 0 Å². The van der Waals surface area contributed by atoms with E-state index in [0.717, 1.165) is 71.2 Å². The highest BCUT2D eigenvalue weighted by Crippen LogP contribution is 2.45. The van der Waals surface area contributed by atoms with Crippen molar-refractivity contribution in [3.05, 3.63) is 59.7 Å². The maximum Gasteiger partial charge on any atom is 0.330 e. The van der Waals surface area contributed by atoms with Gasteiger partial charge in [0.05, 0.1) is 0 Å². The fraction of sp³-hybridized carbons (Fsp3) is 0.333. The Kier molecular flexibility index (Phi) is 7.95. The zero-order valence-corrected chi connectivity index (χ0v) is 18.0. The summed E-state index contributed by atoms with van der Waals surface area (Å²) in [5.74, 6) is 0.538. The minimum absolute atomic E-state index is 0.120. The Morgan fingerprint density at radius 2 is 1.35 bits per heavy atom. The second-order valence-electron chi connectivity index (χ2n) is 6.95. The van der Waals surface area contributed by atoms with Crippen LogP contribution in [0.5, 0.6) is 11.5 Å². The largest absolute Gasteiger partial charge is 0.489 e. The first-order chi connectivity index (χ1) is 15.0. The summed E-state index contributed by atoms with van der Waals surface area (Å²) in [7, 11) is 0. The molecule has 6 nitrogen and oxygen atoms in total. The van der Waals surface area contributed by atoms with Crippen molar-refractivity contribution in [1.82, 2.24) is 0 Å². The zero-order valence-electron chi connectivity index (χ0n) is 17.3. The van der Waals surface area contributed by atoms with Crippen LogP contribution >= 0.6 is 11.6 Å². The molecular formula is C24H25ClO6. The van der Waals surface area contributed by atoms with Gasteiger partial charge in [0.2, 0.25) is 0 Å². The monoisotopic (exact) mass is 444 g/mol. The molecule has 0 atom stereocenters. The second kappa shape index (κ2) is 10.9. The molecule has 0 unspecified atom stereocenters. The van der Waals surface area contributed by atoms with Gasteiger partial charge < -0.3 is 18.9 Å². The molecule has 0 saturated heterocycles. The molecule has 0 bridgehead atoms. The van der Waals surface area contributed by atoms with Crippen LogP contribution in [0.2, 0.25) is 5.02 Å². The first-order valence-corrected chi connectivity index (χ1v) is 10.5. The number of fused-ring (bicyclic) bond motifs is 2. The van der Waals surface area contributed by atoms with E-state index < -0.39 is 11.9 Å². The zero-order chi connectivity index (χ0) is 22.2. The van der Waals surface area contributed by atoms with Gasteiger partial charge in [-0.2, -0.15) is 0 Å². The van der Waals surface area contributed by atoms with Crippen LogP contribution in [0.4, 0.5) is 0 Å². The van der Waals surface area contributed by atoms with Crippen LogP contribution < -0.4 is 9.47 Å². The number of hydrogen-bond acceptors (Lipinski definition) is 6. The van der Waals surface area contributed by atoms with Crippen LogP contribution in [0.3, 0.4) is 0 Å². The van der Waals surface area contributed by atoms with E-state index in [1.165, 1.54) is 0 Å². The van der Waals surface area contributed by atoms with E-state index in [-0.39, 0.29) is 26.4 Å². The molecular weight excluding hydrogens is 420 g/mol. The topological polar surface area (TPSA) is 71.1 Å². The van der Waals surface area contributed by atoms with E-state index in [0.29, 0.717) is 5.02 Å². The van der Waals surface area contributed by atoms with Crippen LogP contribution in [0.1, 0.15) is 24.0 Å². The maximum atomic E-state index is 11.3. The highest BCUT2D eigenvalue weighted by atomic mass is 35.5. The van der Waals surface area contributed by atoms with Crippen molar-refractivity contribution in [2.24, 2.45) is 0 Å². The third-order valence-electron chi connectivity index (χ3n) is 4.97. The number of carbonyl (C=O) groups excluding carboxylic acids is 2. The van der Waals surface area contributed by atoms with Crippen molar-refractivity contribution in [2.75, 3.05) is 26.4 Å². The summed E-state index contributed by atoms with van der Waals surface area (Å²) >= 11 is 6.28. The molecule has 0 amide bonds. The van der Waals surface area contributed by atoms with Crippen LogP contribution in [0.25, 0.3) is 10.8 Å². The summed E-state index contributed by atoms with van der Waals surface area (Å²) in [6.45, 7) is 7.45. The molecule has 0 fully saturated rings. The molecule has 31 heavy (non-hydrogen) atoms. The van der Waals surface area contributed by atoms with Crippen molar-refractivity contribution in [2.45, 2.75) is 25.7 Å². The Labute approximate surface area is 186 Å². The van der Waals surface area contributed by atoms with Gasteiger partial charge in [-0.15, -0.1) is 0 Å². The molecule has 0 saturated carbocycles. The highest BCUT2D eigenvalue weighted by Gasteiger charge is 2.24. The normalized spacial score (nSPS) is 12.5. The summed E-state index contributed by atoms with van der Waals surface area (Å²) < 4.78 is 22.2. The average Bonchev–Trinajstić information content (AvgIpc) is 2.79. The molecule has 3 rings (SSSR count). The van der Waals surface area contributed by atoms with Crippen molar-refractivity contribution in [3.8, 4) is 11.5 Å². The van der Waals surface area contributed by atoms with Gasteiger partial charge in [0.15, 0.2) is 0 Å². The lowest BCUT2D eigenvalue weighted by atomic mass is 9.87. The van der Waals surface area contributed by atoms with Crippen LogP contribution in [-0.4, -0.2) is 38.4 Å². The molecule has 0 radical (unpaired) electrons. The second-order valence-corrected chi connectivity index (χ2v) is 7.39. The van der Waals surface area contributed by atoms with Gasteiger partial charge in [0.1, 0.15) is 37.9 Å². The van der Waals surface area contributed by atoms with E-state index in [1.807, 2.05) is 12.1 Å². The fourth-order valence-electron chi connectivity index (χ4n) is 3.65. The Balaban J connectivity index is 1.91. The lowest BCUT2D eigenvalue weighted by molar-refractivity contribution is -0.139. The molecule has 0 aliphatic heterocycles. The molecule has 164 valence electrons. The number of benzene rings is 2. The van der Waals surface area contributed by atoms with E-state index in [9.17, 15) is 9.59 Å². The SMILES string of the molecule is C=CC(=O)OCCOc1c2c(c(OCCOC(=O)C=C)c3cc(Cl)ccc13)CCCC2. The van der Waals surface area contributed by atoms with Gasteiger partial charge in [-0.25, -0.2) is 9.59 Å². The molecule has 0 aromatic heterocycles. The number of halogens is 1. The van der Waals surface area contributed by atoms with Gasteiger partial charge in [-0.1, -0.05) is 24.8 Å².